The summed E-state index contributed by atoms with van der Waals surface area (Å²) < 4.78 is 4.84. The summed E-state index contributed by atoms with van der Waals surface area (Å²) in [5.74, 6) is 2.84. The molecule has 0 spiro atoms. The van der Waals surface area contributed by atoms with E-state index in [1.54, 1.807) is 12.3 Å². The highest BCUT2D eigenvalue weighted by Gasteiger charge is 1.93. The van der Waals surface area contributed by atoms with Crippen LogP contribution in [0.15, 0.2) is 12.3 Å². The van der Waals surface area contributed by atoms with E-state index in [1.165, 1.54) is 16.0 Å². The maximum Gasteiger partial charge on any atom is 0.317 e. The van der Waals surface area contributed by atoms with E-state index in [2.05, 4.69) is 42.3 Å². The van der Waals surface area contributed by atoms with Crippen molar-refractivity contribution in [1.29, 1.82) is 0 Å². The molecule has 0 aliphatic rings. The molecular weight excluding hydrogens is 287 g/mol. The van der Waals surface area contributed by atoms with Gasteiger partial charge in [0, 0.05) is 27.4 Å². The van der Waals surface area contributed by atoms with Crippen molar-refractivity contribution in [3.05, 3.63) is 18.0 Å². The van der Waals surface area contributed by atoms with Gasteiger partial charge in [0.2, 0.25) is 0 Å². The van der Waals surface area contributed by atoms with E-state index in [-0.39, 0.29) is 0 Å². The predicted molar refractivity (Wildman–Crippen MR) is 57.1 cm³/mol. The summed E-state index contributed by atoms with van der Waals surface area (Å²) in [5, 5.41) is 2.82. The monoisotopic (exact) mass is 292 g/mol. The first-order chi connectivity index (χ1) is 5.86. The Kier molecular flexibility index (Phi) is 4.18. The minimum atomic E-state index is 0.347. The van der Waals surface area contributed by atoms with E-state index in [1.807, 2.05) is 0 Å². The first kappa shape index (κ1) is 9.61. The van der Waals surface area contributed by atoms with Crippen molar-refractivity contribution in [3.63, 3.8) is 0 Å². The van der Waals surface area contributed by atoms with Crippen LogP contribution in [0.5, 0.6) is 6.01 Å². The van der Waals surface area contributed by atoms with Gasteiger partial charge in [-0.05, 0) is 26.2 Å². The van der Waals surface area contributed by atoms with Crippen molar-refractivity contribution in [2.45, 2.75) is 0 Å². The summed E-state index contributed by atoms with van der Waals surface area (Å²) in [5.41, 5.74) is 0.672. The van der Waals surface area contributed by atoms with Crippen molar-refractivity contribution < 1.29 is 4.74 Å². The van der Waals surface area contributed by atoms with E-state index in [9.17, 15) is 0 Å². The van der Waals surface area contributed by atoms with Gasteiger partial charge in [0.25, 0.3) is 0 Å². The van der Waals surface area contributed by atoms with Crippen LogP contribution in [-0.4, -0.2) is 17.1 Å². The zero-order chi connectivity index (χ0) is 8.81. The van der Waals surface area contributed by atoms with Crippen LogP contribution in [0.2, 0.25) is 0 Å². The number of nitrogens with zero attached hydrogens (tertiary/aromatic N) is 2. The Balaban J connectivity index is 2.86. The van der Waals surface area contributed by atoms with Crippen molar-refractivity contribution in [2.24, 2.45) is 0 Å². The third kappa shape index (κ3) is 2.87. The van der Waals surface area contributed by atoms with Crippen LogP contribution in [0.1, 0.15) is 5.69 Å². The molecule has 0 bridgehead atoms. The number of methoxy groups -OCH3 is 1. The van der Waals surface area contributed by atoms with Crippen molar-refractivity contribution >= 4 is 30.1 Å². The van der Waals surface area contributed by atoms with Gasteiger partial charge < -0.3 is 4.74 Å². The summed E-state index contributed by atoms with van der Waals surface area (Å²) in [7, 11) is 2.94. The molecule has 0 saturated carbocycles. The van der Waals surface area contributed by atoms with Crippen LogP contribution in [0.25, 0.3) is 0 Å². The molecule has 1 aromatic heterocycles. The minimum Gasteiger partial charge on any atom is -0.467 e. The summed E-state index contributed by atoms with van der Waals surface area (Å²) in [6, 6.07) is 2.09. The first-order valence-corrected chi connectivity index (χ1v) is 6.38. The zero-order valence-corrected chi connectivity index (χ0v) is 9.22. The largest absolute Gasteiger partial charge is 0.467 e. The van der Waals surface area contributed by atoms with Crippen LogP contribution in [-0.2, 0) is 0 Å². The van der Waals surface area contributed by atoms with Crippen LogP contribution in [0.4, 0.5) is 0 Å². The number of aromatic nitrogens is 2. The highest BCUT2D eigenvalue weighted by molar-refractivity contribution is 14.2. The third-order valence-electron chi connectivity index (χ3n) is 1.03. The molecular formula is C7H5IN2OS. The fourth-order valence-corrected chi connectivity index (χ4v) is 1.05. The first-order valence-electron chi connectivity index (χ1n) is 3.02. The Bertz CT molecular complexity index is 321. The SMILES string of the molecule is COc1nccc(C#CSI)n1. The smallest absolute Gasteiger partial charge is 0.317 e. The van der Waals surface area contributed by atoms with E-state index >= 15 is 0 Å². The third-order valence-corrected chi connectivity index (χ3v) is 1.87. The highest BCUT2D eigenvalue weighted by atomic mass is 127. The second-order valence-electron chi connectivity index (χ2n) is 1.73. The predicted octanol–water partition coefficient (Wildman–Crippen LogP) is 1.88. The molecule has 0 unspecified atom stereocenters. The highest BCUT2D eigenvalue weighted by Crippen LogP contribution is 2.08. The standard InChI is InChI=1S/C7H5IN2OS/c1-11-7-9-4-2-6(10-7)3-5-12-8/h2,4H,1H3. The Hall–Kier alpha value is -0.480. The Morgan fingerprint density at radius 1 is 1.67 bits per heavy atom. The lowest BCUT2D eigenvalue weighted by molar-refractivity contribution is 0.379. The fourth-order valence-electron chi connectivity index (χ4n) is 0.580. The van der Waals surface area contributed by atoms with Gasteiger partial charge in [-0.1, -0.05) is 0 Å². The summed E-state index contributed by atoms with van der Waals surface area (Å²) in [4.78, 5) is 7.86. The maximum atomic E-state index is 4.84. The Morgan fingerprint density at radius 3 is 3.17 bits per heavy atom. The number of rotatable bonds is 1. The molecule has 0 N–H and O–H groups in total. The number of ether oxygens (including phenoxy) is 1. The molecule has 0 atom stereocenters. The average Bonchev–Trinajstić information content (AvgIpc) is 2.15. The summed E-state index contributed by atoms with van der Waals surface area (Å²) in [6.45, 7) is 0. The fraction of sp³-hybridized carbons (Fsp3) is 0.143. The second-order valence-corrected chi connectivity index (χ2v) is 3.41. The van der Waals surface area contributed by atoms with Gasteiger partial charge in [-0.3, -0.25) is 0 Å². The molecule has 0 saturated heterocycles. The Morgan fingerprint density at radius 2 is 2.50 bits per heavy atom. The van der Waals surface area contributed by atoms with Crippen LogP contribution >= 0.6 is 30.1 Å². The minimum absolute atomic E-state index is 0.347. The molecule has 0 aromatic carbocycles. The molecule has 1 aromatic rings. The molecule has 3 nitrogen and oxygen atoms in total. The lowest BCUT2D eigenvalue weighted by Gasteiger charge is -1.94. The van der Waals surface area contributed by atoms with Gasteiger partial charge >= 0.3 is 6.01 Å². The van der Waals surface area contributed by atoms with Crippen LogP contribution in [0.3, 0.4) is 0 Å². The summed E-state index contributed by atoms with van der Waals surface area (Å²) in [6.07, 6.45) is 1.62. The number of halogens is 1. The molecule has 1 heterocycles. The van der Waals surface area contributed by atoms with E-state index in [0.717, 1.165) is 0 Å². The van der Waals surface area contributed by atoms with Crippen molar-refractivity contribution in [2.75, 3.05) is 7.11 Å². The normalized spacial score (nSPS) is 8.50. The quantitative estimate of drug-likeness (QED) is 0.585. The van der Waals surface area contributed by atoms with Crippen molar-refractivity contribution in [1.82, 2.24) is 9.97 Å². The molecule has 0 aliphatic carbocycles. The van der Waals surface area contributed by atoms with Gasteiger partial charge in [-0.25, -0.2) is 4.98 Å². The molecule has 0 fully saturated rings. The van der Waals surface area contributed by atoms with Gasteiger partial charge in [0.1, 0.15) is 5.69 Å². The lowest BCUT2D eigenvalue weighted by Crippen LogP contribution is -1.92. The van der Waals surface area contributed by atoms with Crippen LogP contribution < -0.4 is 4.74 Å². The van der Waals surface area contributed by atoms with E-state index in [0.29, 0.717) is 11.7 Å². The molecule has 12 heavy (non-hydrogen) atoms. The Labute approximate surface area is 86.9 Å². The van der Waals surface area contributed by atoms with E-state index in [4.69, 9.17) is 4.74 Å². The maximum absolute atomic E-state index is 4.84. The van der Waals surface area contributed by atoms with Gasteiger partial charge in [-0.15, -0.1) is 0 Å². The number of hydrogen-bond acceptors (Lipinski definition) is 4. The van der Waals surface area contributed by atoms with Gasteiger partial charge in [-0.2, -0.15) is 4.98 Å². The molecule has 0 amide bonds. The van der Waals surface area contributed by atoms with E-state index < -0.39 is 0 Å². The molecule has 5 heteroatoms. The second kappa shape index (κ2) is 5.22. The van der Waals surface area contributed by atoms with Gasteiger partial charge in [0.15, 0.2) is 0 Å². The molecule has 1 rings (SSSR count). The number of hydrogen-bond donors (Lipinski definition) is 0. The average molecular weight is 292 g/mol. The zero-order valence-electron chi connectivity index (χ0n) is 6.24. The molecule has 0 aliphatic heterocycles. The lowest BCUT2D eigenvalue weighted by atomic mass is 10.4. The molecule has 0 radical (unpaired) electrons. The molecule has 62 valence electrons. The summed E-state index contributed by atoms with van der Waals surface area (Å²) >= 11 is 2.10. The topological polar surface area (TPSA) is 35.0 Å². The van der Waals surface area contributed by atoms with Crippen molar-refractivity contribution in [3.8, 4) is 17.2 Å². The van der Waals surface area contributed by atoms with Crippen LogP contribution in [0, 0.1) is 11.2 Å². The van der Waals surface area contributed by atoms with Gasteiger partial charge in [0.05, 0.1) is 7.11 Å².